The van der Waals surface area contributed by atoms with Crippen LogP contribution in [0.2, 0.25) is 0 Å². The molecule has 6 nitrogen and oxygen atoms in total. The molecule has 0 saturated heterocycles. The van der Waals surface area contributed by atoms with Gasteiger partial charge in [-0.25, -0.2) is 0 Å². The third kappa shape index (κ3) is 5.23. The minimum atomic E-state index is -4.70. The predicted octanol–water partition coefficient (Wildman–Crippen LogP) is 1.51. The largest absolute Gasteiger partial charge is 0.475 e. The fraction of sp³-hybridized carbons (Fsp3) is 0.529. The Kier molecular flexibility index (Phi) is 6.21. The molecule has 4 N–H and O–H groups in total. The molecular weight excluding hydrogens is 364 g/mol. The number of halogens is 3. The van der Waals surface area contributed by atoms with Gasteiger partial charge in [0.25, 0.3) is 5.91 Å². The van der Waals surface area contributed by atoms with Crippen molar-refractivity contribution in [3.05, 3.63) is 35.4 Å². The monoisotopic (exact) mass is 386 g/mol. The SMILES string of the molecule is CC(C)C[C@H](NC(=O)C1(NC(=O)c2ccccc2C(F)(F)F)CC1)B(O)O. The molecule has 1 fully saturated rings. The average Bonchev–Trinajstić information content (AvgIpc) is 3.33. The van der Waals surface area contributed by atoms with Crippen LogP contribution in [0.25, 0.3) is 0 Å². The first-order valence-corrected chi connectivity index (χ1v) is 8.62. The van der Waals surface area contributed by atoms with Crippen LogP contribution in [0.5, 0.6) is 0 Å². The molecule has 10 heteroatoms. The van der Waals surface area contributed by atoms with Crippen molar-refractivity contribution in [1.29, 1.82) is 0 Å². The topological polar surface area (TPSA) is 98.7 Å². The molecule has 1 aliphatic carbocycles. The van der Waals surface area contributed by atoms with Crippen LogP contribution in [0, 0.1) is 5.92 Å². The van der Waals surface area contributed by atoms with Crippen molar-refractivity contribution in [3.63, 3.8) is 0 Å². The van der Waals surface area contributed by atoms with Crippen LogP contribution >= 0.6 is 0 Å². The zero-order valence-electron chi connectivity index (χ0n) is 15.0. The standard InChI is InChI=1S/C17H22BF3N2O4/c1-10(2)9-13(18(26)27)22-15(25)16(7-8-16)23-14(24)11-5-3-4-6-12(11)17(19,20)21/h3-6,10,13,26-27H,7-9H2,1-2H3,(H,22,25)(H,23,24)/t13-/m0/s1. The molecule has 0 bridgehead atoms. The van der Waals surface area contributed by atoms with Gasteiger partial charge in [0.05, 0.1) is 17.1 Å². The Labute approximate surface area is 155 Å². The number of hydrogen-bond donors (Lipinski definition) is 4. The van der Waals surface area contributed by atoms with Crippen LogP contribution < -0.4 is 10.6 Å². The summed E-state index contributed by atoms with van der Waals surface area (Å²) < 4.78 is 39.2. The molecule has 1 aliphatic rings. The molecule has 0 radical (unpaired) electrons. The molecule has 1 atom stereocenters. The molecule has 0 aliphatic heterocycles. The minimum Gasteiger partial charge on any atom is -0.426 e. The van der Waals surface area contributed by atoms with Gasteiger partial charge < -0.3 is 20.7 Å². The van der Waals surface area contributed by atoms with Gasteiger partial charge in [0.15, 0.2) is 0 Å². The van der Waals surface area contributed by atoms with Gasteiger partial charge in [-0.2, -0.15) is 13.2 Å². The summed E-state index contributed by atoms with van der Waals surface area (Å²) in [5, 5.41) is 23.7. The van der Waals surface area contributed by atoms with Gasteiger partial charge >= 0.3 is 13.3 Å². The van der Waals surface area contributed by atoms with Crippen LogP contribution in [0.3, 0.4) is 0 Å². The summed E-state index contributed by atoms with van der Waals surface area (Å²) >= 11 is 0. The molecule has 0 spiro atoms. The Morgan fingerprint density at radius 2 is 1.81 bits per heavy atom. The number of alkyl halides is 3. The van der Waals surface area contributed by atoms with Gasteiger partial charge in [-0.15, -0.1) is 0 Å². The van der Waals surface area contributed by atoms with E-state index in [9.17, 15) is 32.8 Å². The van der Waals surface area contributed by atoms with Crippen molar-refractivity contribution in [2.75, 3.05) is 0 Å². The van der Waals surface area contributed by atoms with Gasteiger partial charge in [0.2, 0.25) is 5.91 Å². The smallest absolute Gasteiger partial charge is 0.426 e. The molecular formula is C17H22BF3N2O4. The van der Waals surface area contributed by atoms with Crippen molar-refractivity contribution in [2.45, 2.75) is 50.8 Å². The van der Waals surface area contributed by atoms with E-state index in [4.69, 9.17) is 0 Å². The van der Waals surface area contributed by atoms with Gasteiger partial charge in [0.1, 0.15) is 5.54 Å². The highest BCUT2D eigenvalue weighted by atomic mass is 19.4. The second-order valence-corrected chi connectivity index (χ2v) is 7.20. The lowest BCUT2D eigenvalue weighted by Gasteiger charge is -2.24. The molecule has 2 amide bonds. The lowest BCUT2D eigenvalue weighted by molar-refractivity contribution is -0.137. The minimum absolute atomic E-state index is 0.0699. The Hall–Kier alpha value is -2.07. The number of benzene rings is 1. The Morgan fingerprint density at radius 1 is 1.22 bits per heavy atom. The molecule has 1 aromatic carbocycles. The van der Waals surface area contributed by atoms with Crippen LogP contribution in [0.1, 0.15) is 49.0 Å². The number of hydrogen-bond acceptors (Lipinski definition) is 4. The summed E-state index contributed by atoms with van der Waals surface area (Å²) in [5.74, 6) is -2.51. The second-order valence-electron chi connectivity index (χ2n) is 7.20. The van der Waals surface area contributed by atoms with Gasteiger partial charge in [-0.1, -0.05) is 26.0 Å². The average molecular weight is 386 g/mol. The van der Waals surface area contributed by atoms with Crippen molar-refractivity contribution < 1.29 is 32.8 Å². The summed E-state index contributed by atoms with van der Waals surface area (Å²) in [4.78, 5) is 24.9. The highest BCUT2D eigenvalue weighted by molar-refractivity contribution is 6.43. The maximum atomic E-state index is 13.1. The quantitative estimate of drug-likeness (QED) is 0.534. The molecule has 0 heterocycles. The number of rotatable bonds is 7. The van der Waals surface area contributed by atoms with Crippen molar-refractivity contribution in [1.82, 2.24) is 10.6 Å². The van der Waals surface area contributed by atoms with Crippen molar-refractivity contribution >= 4 is 18.9 Å². The van der Waals surface area contributed by atoms with E-state index in [-0.39, 0.29) is 18.8 Å². The Bertz CT molecular complexity index is 706. The molecule has 27 heavy (non-hydrogen) atoms. The van der Waals surface area contributed by atoms with Gasteiger partial charge in [0, 0.05) is 0 Å². The van der Waals surface area contributed by atoms with Crippen LogP contribution in [-0.4, -0.2) is 40.5 Å². The fourth-order valence-corrected chi connectivity index (χ4v) is 2.82. The fourth-order valence-electron chi connectivity index (χ4n) is 2.82. The van der Waals surface area contributed by atoms with Crippen LogP contribution in [0.4, 0.5) is 13.2 Å². The number of nitrogens with one attached hydrogen (secondary N) is 2. The zero-order chi connectivity index (χ0) is 20.4. The van der Waals surface area contributed by atoms with E-state index in [0.717, 1.165) is 12.1 Å². The van der Waals surface area contributed by atoms with Crippen LogP contribution in [0.15, 0.2) is 24.3 Å². The number of carbonyl (C=O) groups is 2. The summed E-state index contributed by atoms with van der Waals surface area (Å²) in [6.07, 6.45) is -3.88. The summed E-state index contributed by atoms with van der Waals surface area (Å²) in [5.41, 5.74) is -2.98. The number of amides is 2. The Morgan fingerprint density at radius 3 is 2.30 bits per heavy atom. The lowest BCUT2D eigenvalue weighted by Crippen LogP contribution is -2.55. The molecule has 0 aromatic heterocycles. The summed E-state index contributed by atoms with van der Waals surface area (Å²) in [6, 6.07) is 4.34. The molecule has 1 saturated carbocycles. The molecule has 0 unspecified atom stereocenters. The third-order valence-corrected chi connectivity index (χ3v) is 4.42. The van der Waals surface area contributed by atoms with Crippen molar-refractivity contribution in [3.8, 4) is 0 Å². The molecule has 1 aromatic rings. The summed E-state index contributed by atoms with van der Waals surface area (Å²) in [7, 11) is -1.78. The van der Waals surface area contributed by atoms with E-state index in [0.29, 0.717) is 6.42 Å². The normalized spacial score (nSPS) is 16.6. The van der Waals surface area contributed by atoms with E-state index in [1.54, 1.807) is 0 Å². The predicted molar refractivity (Wildman–Crippen MR) is 92.5 cm³/mol. The first-order chi connectivity index (χ1) is 12.5. The van der Waals surface area contributed by atoms with E-state index in [1.807, 2.05) is 13.8 Å². The van der Waals surface area contributed by atoms with Crippen molar-refractivity contribution in [2.24, 2.45) is 5.92 Å². The van der Waals surface area contributed by atoms with Gasteiger partial charge in [-0.3, -0.25) is 9.59 Å². The van der Waals surface area contributed by atoms with E-state index in [2.05, 4.69) is 10.6 Å². The first-order valence-electron chi connectivity index (χ1n) is 8.62. The van der Waals surface area contributed by atoms with E-state index in [1.165, 1.54) is 12.1 Å². The van der Waals surface area contributed by atoms with E-state index < -0.39 is 47.7 Å². The molecule has 148 valence electrons. The first kappa shape index (κ1) is 21.2. The van der Waals surface area contributed by atoms with E-state index >= 15 is 0 Å². The number of carbonyl (C=O) groups excluding carboxylic acids is 2. The summed E-state index contributed by atoms with van der Waals surface area (Å²) in [6.45, 7) is 3.68. The maximum Gasteiger partial charge on any atom is 0.475 e. The molecule has 2 rings (SSSR count). The third-order valence-electron chi connectivity index (χ3n) is 4.42. The maximum absolute atomic E-state index is 13.1. The highest BCUT2D eigenvalue weighted by Crippen LogP contribution is 2.37. The van der Waals surface area contributed by atoms with Gasteiger partial charge in [-0.05, 0) is 37.3 Å². The van der Waals surface area contributed by atoms with Crippen LogP contribution in [-0.2, 0) is 11.0 Å². The highest BCUT2D eigenvalue weighted by Gasteiger charge is 2.52. The Balaban J connectivity index is 2.13. The zero-order valence-corrected chi connectivity index (χ0v) is 15.0. The second kappa shape index (κ2) is 7.89. The lowest BCUT2D eigenvalue weighted by atomic mass is 9.75.